The first-order chi connectivity index (χ1) is 8.56. The first-order valence-electron chi connectivity index (χ1n) is 5.76. The van der Waals surface area contributed by atoms with Crippen LogP contribution in [0, 0.1) is 6.92 Å². The van der Waals surface area contributed by atoms with Crippen LogP contribution in [-0.2, 0) is 23.0 Å². The number of ether oxygens (including phenoxy) is 2. The predicted molar refractivity (Wildman–Crippen MR) is 69.9 cm³/mol. The lowest BCUT2D eigenvalue weighted by molar-refractivity contribution is -0.139. The second-order valence-corrected chi connectivity index (χ2v) is 4.36. The van der Waals surface area contributed by atoms with E-state index in [0.717, 1.165) is 27.8 Å². The Morgan fingerprint density at radius 1 is 1.33 bits per heavy atom. The zero-order chi connectivity index (χ0) is 13.3. The van der Waals surface area contributed by atoms with Gasteiger partial charge in [0.25, 0.3) is 0 Å². The van der Waals surface area contributed by atoms with E-state index in [2.05, 4.69) is 0 Å². The number of carbonyl (C=O) groups excluding carboxylic acids is 1. The Balaban J connectivity index is 2.60. The summed E-state index contributed by atoms with van der Waals surface area (Å²) in [4.78, 5) is 11.4. The maximum Gasteiger partial charge on any atom is 0.310 e. The van der Waals surface area contributed by atoms with E-state index in [1.165, 1.54) is 7.11 Å². The van der Waals surface area contributed by atoms with Gasteiger partial charge in [-0.05, 0) is 30.2 Å². The molecule has 2 aromatic rings. The molecule has 18 heavy (non-hydrogen) atoms. The Bertz CT molecular complexity index is 599. The number of hydrogen-bond acceptors (Lipinski definition) is 3. The highest BCUT2D eigenvalue weighted by Gasteiger charge is 2.13. The van der Waals surface area contributed by atoms with Crippen molar-refractivity contribution >= 4 is 16.9 Å². The number of rotatable bonds is 3. The van der Waals surface area contributed by atoms with Crippen LogP contribution >= 0.6 is 0 Å². The van der Waals surface area contributed by atoms with Gasteiger partial charge < -0.3 is 14.0 Å². The van der Waals surface area contributed by atoms with Crippen molar-refractivity contribution in [1.29, 1.82) is 0 Å². The summed E-state index contributed by atoms with van der Waals surface area (Å²) in [5.74, 6) is 0.570. The summed E-state index contributed by atoms with van der Waals surface area (Å²) in [5.41, 5.74) is 3.21. The van der Waals surface area contributed by atoms with Crippen LogP contribution in [0.1, 0.15) is 11.1 Å². The van der Waals surface area contributed by atoms with Gasteiger partial charge in [0.15, 0.2) is 0 Å². The Morgan fingerprint density at radius 2 is 2.06 bits per heavy atom. The fraction of sp³-hybridized carbons (Fsp3) is 0.357. The van der Waals surface area contributed by atoms with Crippen molar-refractivity contribution in [3.05, 3.63) is 29.5 Å². The molecular formula is C14H17NO3. The van der Waals surface area contributed by atoms with E-state index in [1.807, 2.05) is 36.9 Å². The topological polar surface area (TPSA) is 40.5 Å². The number of aryl methyl sites for hydroxylation is 2. The van der Waals surface area contributed by atoms with Gasteiger partial charge in [0.1, 0.15) is 5.75 Å². The van der Waals surface area contributed by atoms with E-state index in [1.54, 1.807) is 7.11 Å². The molecule has 0 fully saturated rings. The van der Waals surface area contributed by atoms with Gasteiger partial charge in [-0.1, -0.05) is 0 Å². The maximum atomic E-state index is 11.4. The third-order valence-electron chi connectivity index (χ3n) is 3.12. The molecule has 96 valence electrons. The molecular weight excluding hydrogens is 230 g/mol. The van der Waals surface area contributed by atoms with Crippen LogP contribution in [0.2, 0.25) is 0 Å². The molecule has 1 aromatic carbocycles. The second kappa shape index (κ2) is 4.72. The SMILES string of the molecule is COC(=O)Cc1cn(C)c2c(C)cc(OC)cc12. The van der Waals surface area contributed by atoms with Crippen molar-refractivity contribution in [3.63, 3.8) is 0 Å². The number of methoxy groups -OCH3 is 2. The lowest BCUT2D eigenvalue weighted by atomic mass is 10.1. The summed E-state index contributed by atoms with van der Waals surface area (Å²) >= 11 is 0. The molecule has 0 aliphatic heterocycles. The molecule has 4 heteroatoms. The molecule has 0 aliphatic rings. The van der Waals surface area contributed by atoms with E-state index < -0.39 is 0 Å². The van der Waals surface area contributed by atoms with Crippen molar-refractivity contribution < 1.29 is 14.3 Å². The lowest BCUT2D eigenvalue weighted by Gasteiger charge is -2.05. The zero-order valence-electron chi connectivity index (χ0n) is 11.1. The number of benzene rings is 1. The highest BCUT2D eigenvalue weighted by molar-refractivity contribution is 5.91. The fourth-order valence-corrected chi connectivity index (χ4v) is 2.31. The van der Waals surface area contributed by atoms with Gasteiger partial charge in [0, 0.05) is 18.6 Å². The van der Waals surface area contributed by atoms with Crippen LogP contribution in [0.4, 0.5) is 0 Å². The summed E-state index contributed by atoms with van der Waals surface area (Å²) in [6, 6.07) is 3.95. The Hall–Kier alpha value is -1.97. The highest BCUT2D eigenvalue weighted by Crippen LogP contribution is 2.29. The predicted octanol–water partition coefficient (Wildman–Crippen LogP) is 2.21. The first-order valence-corrected chi connectivity index (χ1v) is 5.76. The minimum atomic E-state index is -0.233. The molecule has 1 aromatic heterocycles. The van der Waals surface area contributed by atoms with Gasteiger partial charge >= 0.3 is 5.97 Å². The van der Waals surface area contributed by atoms with Crippen LogP contribution in [0.15, 0.2) is 18.3 Å². The third-order valence-corrected chi connectivity index (χ3v) is 3.12. The smallest absolute Gasteiger partial charge is 0.310 e. The molecule has 1 heterocycles. The second-order valence-electron chi connectivity index (χ2n) is 4.36. The van der Waals surface area contributed by atoms with Gasteiger partial charge in [-0.2, -0.15) is 0 Å². The van der Waals surface area contributed by atoms with Crippen LogP contribution in [0.3, 0.4) is 0 Å². The number of fused-ring (bicyclic) bond motifs is 1. The Morgan fingerprint density at radius 3 is 2.67 bits per heavy atom. The molecule has 0 unspecified atom stereocenters. The Labute approximate surface area is 106 Å². The van der Waals surface area contributed by atoms with Gasteiger partial charge in [-0.25, -0.2) is 0 Å². The maximum absolute atomic E-state index is 11.4. The minimum Gasteiger partial charge on any atom is -0.497 e. The summed E-state index contributed by atoms with van der Waals surface area (Å²) < 4.78 is 12.0. The molecule has 0 saturated heterocycles. The van der Waals surface area contributed by atoms with Crippen molar-refractivity contribution in [3.8, 4) is 5.75 Å². The van der Waals surface area contributed by atoms with E-state index in [0.29, 0.717) is 0 Å². The van der Waals surface area contributed by atoms with E-state index >= 15 is 0 Å². The van der Waals surface area contributed by atoms with Gasteiger partial charge in [-0.3, -0.25) is 4.79 Å². The largest absolute Gasteiger partial charge is 0.497 e. The molecule has 0 atom stereocenters. The van der Waals surface area contributed by atoms with Gasteiger partial charge in [-0.15, -0.1) is 0 Å². The molecule has 4 nitrogen and oxygen atoms in total. The average Bonchev–Trinajstić information content (AvgIpc) is 2.66. The Kier molecular flexibility index (Phi) is 3.28. The molecule has 2 rings (SSSR count). The van der Waals surface area contributed by atoms with Crippen LogP contribution in [0.5, 0.6) is 5.75 Å². The molecule has 0 amide bonds. The van der Waals surface area contributed by atoms with Crippen molar-refractivity contribution in [1.82, 2.24) is 4.57 Å². The monoisotopic (exact) mass is 247 g/mol. The van der Waals surface area contributed by atoms with E-state index in [9.17, 15) is 4.79 Å². The zero-order valence-corrected chi connectivity index (χ0v) is 11.1. The van der Waals surface area contributed by atoms with Gasteiger partial charge in [0.2, 0.25) is 0 Å². The number of aromatic nitrogens is 1. The van der Waals surface area contributed by atoms with E-state index in [-0.39, 0.29) is 12.4 Å². The summed E-state index contributed by atoms with van der Waals surface area (Å²) in [6.45, 7) is 2.03. The quantitative estimate of drug-likeness (QED) is 0.781. The summed E-state index contributed by atoms with van der Waals surface area (Å²) in [7, 11) is 5.02. The van der Waals surface area contributed by atoms with Crippen LogP contribution in [-0.4, -0.2) is 24.8 Å². The summed E-state index contributed by atoms with van der Waals surface area (Å²) in [6.07, 6.45) is 2.24. The number of carbonyl (C=O) groups is 1. The molecule has 0 bridgehead atoms. The highest BCUT2D eigenvalue weighted by atomic mass is 16.5. The lowest BCUT2D eigenvalue weighted by Crippen LogP contribution is -2.03. The molecule has 0 aliphatic carbocycles. The molecule has 0 saturated carbocycles. The van der Waals surface area contributed by atoms with Crippen molar-refractivity contribution in [2.45, 2.75) is 13.3 Å². The van der Waals surface area contributed by atoms with Crippen LogP contribution in [0.25, 0.3) is 10.9 Å². The standard InChI is InChI=1S/C14H17NO3/c1-9-5-11(17-3)7-12-10(6-13(16)18-4)8-15(2)14(9)12/h5,7-8H,6H2,1-4H3. The number of hydrogen-bond donors (Lipinski definition) is 0. The normalized spacial score (nSPS) is 10.7. The number of esters is 1. The summed E-state index contributed by atoms with van der Waals surface area (Å²) in [5, 5.41) is 1.04. The van der Waals surface area contributed by atoms with Crippen molar-refractivity contribution in [2.75, 3.05) is 14.2 Å². The molecule has 0 N–H and O–H groups in total. The van der Waals surface area contributed by atoms with E-state index in [4.69, 9.17) is 9.47 Å². The first kappa shape index (κ1) is 12.5. The number of nitrogens with zero attached hydrogens (tertiary/aromatic N) is 1. The third kappa shape index (κ3) is 2.06. The fourth-order valence-electron chi connectivity index (χ4n) is 2.31. The van der Waals surface area contributed by atoms with Crippen LogP contribution < -0.4 is 4.74 Å². The molecule has 0 radical (unpaired) electrons. The minimum absolute atomic E-state index is 0.233. The van der Waals surface area contributed by atoms with Crippen molar-refractivity contribution in [2.24, 2.45) is 7.05 Å². The van der Waals surface area contributed by atoms with Gasteiger partial charge in [0.05, 0.1) is 26.2 Å². The molecule has 0 spiro atoms. The average molecular weight is 247 g/mol.